The zero-order valence-corrected chi connectivity index (χ0v) is 19.0. The van der Waals surface area contributed by atoms with Crippen LogP contribution in [0.4, 0.5) is 5.69 Å². The molecule has 0 aliphatic carbocycles. The SMILES string of the molecule is CC(=NNC(=O)C(=O)Nc1cc(Cl)ccc1Cl)c1ccc(OCc2ccc(C)cc2)cc1. The van der Waals surface area contributed by atoms with Crippen LogP contribution in [0.15, 0.2) is 71.8 Å². The van der Waals surface area contributed by atoms with Gasteiger partial charge in [0.2, 0.25) is 0 Å². The molecule has 164 valence electrons. The van der Waals surface area contributed by atoms with Crippen LogP contribution >= 0.6 is 23.2 Å². The van der Waals surface area contributed by atoms with Gasteiger partial charge in [-0.2, -0.15) is 5.10 Å². The Bertz CT molecular complexity index is 1140. The number of benzene rings is 3. The van der Waals surface area contributed by atoms with E-state index in [9.17, 15) is 9.59 Å². The molecule has 0 heterocycles. The summed E-state index contributed by atoms with van der Waals surface area (Å²) in [6.45, 7) is 4.22. The van der Waals surface area contributed by atoms with Crippen LogP contribution in [0.3, 0.4) is 0 Å². The van der Waals surface area contributed by atoms with Crippen molar-refractivity contribution < 1.29 is 14.3 Å². The van der Waals surface area contributed by atoms with Crippen molar-refractivity contribution in [2.45, 2.75) is 20.5 Å². The van der Waals surface area contributed by atoms with E-state index in [1.54, 1.807) is 13.0 Å². The fourth-order valence-corrected chi connectivity index (χ4v) is 3.00. The van der Waals surface area contributed by atoms with Crippen molar-refractivity contribution in [3.63, 3.8) is 0 Å². The molecule has 0 saturated carbocycles. The number of aryl methyl sites for hydroxylation is 1. The van der Waals surface area contributed by atoms with E-state index in [2.05, 4.69) is 15.8 Å². The number of halogens is 2. The fourth-order valence-electron chi connectivity index (χ4n) is 2.67. The van der Waals surface area contributed by atoms with Gasteiger partial charge in [0.25, 0.3) is 0 Å². The molecule has 0 saturated heterocycles. The maximum Gasteiger partial charge on any atom is 0.329 e. The second-order valence-corrected chi connectivity index (χ2v) is 7.86. The first-order chi connectivity index (χ1) is 15.3. The molecule has 3 aromatic carbocycles. The van der Waals surface area contributed by atoms with E-state index in [-0.39, 0.29) is 10.7 Å². The molecule has 0 fully saturated rings. The van der Waals surface area contributed by atoms with Gasteiger partial charge in [-0.1, -0.05) is 53.0 Å². The van der Waals surface area contributed by atoms with E-state index < -0.39 is 11.8 Å². The standard InChI is InChI=1S/C24H21Cl2N3O3/c1-15-3-5-17(6-4-15)14-32-20-10-7-18(8-11-20)16(2)28-29-24(31)23(30)27-22-13-19(25)9-12-21(22)26/h3-13H,14H2,1-2H3,(H,27,30)(H,29,31). The lowest BCUT2D eigenvalue weighted by atomic mass is 10.1. The van der Waals surface area contributed by atoms with Crippen LogP contribution in [0.5, 0.6) is 5.75 Å². The third kappa shape index (κ3) is 6.57. The molecule has 8 heteroatoms. The van der Waals surface area contributed by atoms with Gasteiger partial charge in [0.1, 0.15) is 12.4 Å². The number of amides is 2. The number of nitrogens with one attached hydrogen (secondary N) is 2. The van der Waals surface area contributed by atoms with Gasteiger partial charge < -0.3 is 10.1 Å². The molecule has 0 radical (unpaired) electrons. The highest BCUT2D eigenvalue weighted by molar-refractivity contribution is 6.42. The second-order valence-electron chi connectivity index (χ2n) is 7.02. The highest BCUT2D eigenvalue weighted by atomic mass is 35.5. The maximum atomic E-state index is 12.1. The zero-order chi connectivity index (χ0) is 23.1. The smallest absolute Gasteiger partial charge is 0.329 e. The summed E-state index contributed by atoms with van der Waals surface area (Å²) in [6, 6.07) is 20.0. The Morgan fingerprint density at radius 3 is 2.31 bits per heavy atom. The fraction of sp³-hybridized carbons (Fsp3) is 0.125. The summed E-state index contributed by atoms with van der Waals surface area (Å²) < 4.78 is 5.79. The summed E-state index contributed by atoms with van der Waals surface area (Å²) in [6.07, 6.45) is 0. The summed E-state index contributed by atoms with van der Waals surface area (Å²) in [7, 11) is 0. The lowest BCUT2D eigenvalue weighted by Gasteiger charge is -2.08. The molecule has 0 unspecified atom stereocenters. The van der Waals surface area contributed by atoms with Crippen LogP contribution in [0.1, 0.15) is 23.6 Å². The third-order valence-electron chi connectivity index (χ3n) is 4.51. The predicted octanol–water partition coefficient (Wildman–Crippen LogP) is 5.36. The van der Waals surface area contributed by atoms with Gasteiger partial charge in [0.15, 0.2) is 0 Å². The number of carbonyl (C=O) groups excluding carboxylic acids is 2. The Hall–Kier alpha value is -3.35. The van der Waals surface area contributed by atoms with Crippen molar-refractivity contribution in [1.29, 1.82) is 0 Å². The molecular weight excluding hydrogens is 449 g/mol. The molecule has 0 aliphatic rings. The van der Waals surface area contributed by atoms with E-state index in [0.717, 1.165) is 11.1 Å². The minimum absolute atomic E-state index is 0.237. The number of anilines is 1. The normalized spacial score (nSPS) is 11.1. The summed E-state index contributed by atoms with van der Waals surface area (Å²) >= 11 is 11.9. The monoisotopic (exact) mass is 469 g/mol. The maximum absolute atomic E-state index is 12.1. The van der Waals surface area contributed by atoms with E-state index in [4.69, 9.17) is 27.9 Å². The lowest BCUT2D eigenvalue weighted by Crippen LogP contribution is -2.33. The highest BCUT2D eigenvalue weighted by Gasteiger charge is 2.15. The van der Waals surface area contributed by atoms with Crippen molar-refractivity contribution in [2.24, 2.45) is 5.10 Å². The zero-order valence-electron chi connectivity index (χ0n) is 17.5. The Labute approximate surface area is 196 Å². The molecule has 3 aromatic rings. The largest absolute Gasteiger partial charge is 0.489 e. The molecule has 0 aliphatic heterocycles. The van der Waals surface area contributed by atoms with Gasteiger partial charge >= 0.3 is 11.8 Å². The predicted molar refractivity (Wildman–Crippen MR) is 127 cm³/mol. The third-order valence-corrected chi connectivity index (χ3v) is 5.07. The molecular formula is C24H21Cl2N3O3. The summed E-state index contributed by atoms with van der Waals surface area (Å²) in [5, 5.41) is 7.03. The molecule has 2 amide bonds. The second kappa shape index (κ2) is 10.8. The molecule has 2 N–H and O–H groups in total. The lowest BCUT2D eigenvalue weighted by molar-refractivity contribution is -0.136. The number of carbonyl (C=O) groups is 2. The van der Waals surface area contributed by atoms with Crippen LogP contribution in [0, 0.1) is 6.92 Å². The van der Waals surface area contributed by atoms with Crippen molar-refractivity contribution in [3.8, 4) is 5.75 Å². The first-order valence-electron chi connectivity index (χ1n) is 9.71. The van der Waals surface area contributed by atoms with E-state index in [0.29, 0.717) is 23.1 Å². The van der Waals surface area contributed by atoms with Gasteiger partial charge in [-0.15, -0.1) is 0 Å². The number of hydrogen-bond acceptors (Lipinski definition) is 4. The van der Waals surface area contributed by atoms with Crippen molar-refractivity contribution >= 4 is 46.4 Å². The highest BCUT2D eigenvalue weighted by Crippen LogP contribution is 2.25. The number of ether oxygens (including phenoxy) is 1. The summed E-state index contributed by atoms with van der Waals surface area (Å²) in [5.74, 6) is -1.13. The van der Waals surface area contributed by atoms with Gasteiger partial charge in [0, 0.05) is 5.02 Å². The Morgan fingerprint density at radius 2 is 1.62 bits per heavy atom. The quantitative estimate of drug-likeness (QED) is 0.289. The molecule has 0 aromatic heterocycles. The van der Waals surface area contributed by atoms with Gasteiger partial charge in [-0.25, -0.2) is 5.43 Å². The minimum Gasteiger partial charge on any atom is -0.489 e. The number of hydrogen-bond donors (Lipinski definition) is 2. The van der Waals surface area contributed by atoms with E-state index >= 15 is 0 Å². The molecule has 6 nitrogen and oxygen atoms in total. The summed E-state index contributed by atoms with van der Waals surface area (Å²) in [5.41, 5.74) is 6.04. The summed E-state index contributed by atoms with van der Waals surface area (Å²) in [4.78, 5) is 24.1. The van der Waals surface area contributed by atoms with Crippen molar-refractivity contribution in [2.75, 3.05) is 5.32 Å². The average Bonchev–Trinajstić information content (AvgIpc) is 2.79. The topological polar surface area (TPSA) is 79.8 Å². The number of nitrogens with zero attached hydrogens (tertiary/aromatic N) is 1. The van der Waals surface area contributed by atoms with Gasteiger partial charge in [0.05, 0.1) is 16.4 Å². The van der Waals surface area contributed by atoms with Crippen LogP contribution in [-0.2, 0) is 16.2 Å². The first kappa shape index (κ1) is 23.3. The Kier molecular flexibility index (Phi) is 7.87. The molecule has 0 atom stereocenters. The van der Waals surface area contributed by atoms with Crippen molar-refractivity contribution in [1.82, 2.24) is 5.43 Å². The van der Waals surface area contributed by atoms with Crippen LogP contribution in [-0.4, -0.2) is 17.5 Å². The molecule has 0 spiro atoms. The molecule has 0 bridgehead atoms. The first-order valence-corrected chi connectivity index (χ1v) is 10.5. The van der Waals surface area contributed by atoms with Crippen LogP contribution in [0.25, 0.3) is 0 Å². The molecule has 3 rings (SSSR count). The Balaban J connectivity index is 1.54. The number of hydrazone groups is 1. The average molecular weight is 470 g/mol. The minimum atomic E-state index is -0.932. The Morgan fingerprint density at radius 1 is 0.938 bits per heavy atom. The van der Waals surface area contributed by atoms with Crippen LogP contribution in [0.2, 0.25) is 10.0 Å². The number of rotatable bonds is 6. The molecule has 32 heavy (non-hydrogen) atoms. The van der Waals surface area contributed by atoms with E-state index in [1.165, 1.54) is 17.7 Å². The van der Waals surface area contributed by atoms with Crippen molar-refractivity contribution in [3.05, 3.63) is 93.5 Å². The van der Waals surface area contributed by atoms with Gasteiger partial charge in [-0.05, 0) is 67.4 Å². The van der Waals surface area contributed by atoms with E-state index in [1.807, 2.05) is 55.5 Å². The van der Waals surface area contributed by atoms with Gasteiger partial charge in [-0.3, -0.25) is 9.59 Å². The van der Waals surface area contributed by atoms with Crippen LogP contribution < -0.4 is 15.5 Å².